The summed E-state index contributed by atoms with van der Waals surface area (Å²) in [7, 11) is 1.56. The Morgan fingerprint density at radius 1 is 1.11 bits per heavy atom. The minimum Gasteiger partial charge on any atom is -0.497 e. The Balaban J connectivity index is 1.94. The first-order valence-corrected chi connectivity index (χ1v) is 9.84. The van der Waals surface area contributed by atoms with Crippen LogP contribution in [0.2, 0.25) is 0 Å². The Morgan fingerprint density at radius 3 is 2.22 bits per heavy atom. The monoisotopic (exact) mass is 388 g/mol. The molecule has 0 amide bonds. The summed E-state index contributed by atoms with van der Waals surface area (Å²) in [6.45, 7) is 5.40. The van der Waals surface area contributed by atoms with Crippen molar-refractivity contribution in [3.8, 4) is 5.75 Å². The van der Waals surface area contributed by atoms with E-state index < -0.39 is 12.1 Å². The Morgan fingerprint density at radius 2 is 1.70 bits per heavy atom. The quantitative estimate of drug-likeness (QED) is 0.296. The molecule has 7 heteroatoms. The Hall–Kier alpha value is -2.41. The number of ketones is 1. The van der Waals surface area contributed by atoms with Crippen LogP contribution >= 0.6 is 11.8 Å². The van der Waals surface area contributed by atoms with Crippen molar-refractivity contribution in [2.75, 3.05) is 13.4 Å². The second kappa shape index (κ2) is 9.50. The maximum Gasteiger partial charge on any atom is 0.306 e. The number of carbonyl (C=O) groups is 2. The van der Waals surface area contributed by atoms with E-state index in [1.54, 1.807) is 38.3 Å². The summed E-state index contributed by atoms with van der Waals surface area (Å²) in [6, 6.07) is 6.71. The molecule has 0 unspecified atom stereocenters. The van der Waals surface area contributed by atoms with Crippen LogP contribution < -0.4 is 4.74 Å². The molecule has 0 aliphatic heterocycles. The maximum atomic E-state index is 12.4. The van der Waals surface area contributed by atoms with Crippen molar-refractivity contribution in [3.05, 3.63) is 46.8 Å². The van der Waals surface area contributed by atoms with Crippen LogP contribution in [0, 0.1) is 13.8 Å². The van der Waals surface area contributed by atoms with Crippen molar-refractivity contribution in [2.24, 2.45) is 0 Å². The molecule has 27 heavy (non-hydrogen) atoms. The van der Waals surface area contributed by atoms with Gasteiger partial charge in [0, 0.05) is 23.4 Å². The van der Waals surface area contributed by atoms with E-state index in [1.165, 1.54) is 11.8 Å². The molecule has 0 bridgehead atoms. The summed E-state index contributed by atoms with van der Waals surface area (Å²) >= 11 is 1.48. The van der Waals surface area contributed by atoms with Gasteiger partial charge in [-0.15, -0.1) is 0 Å². The van der Waals surface area contributed by atoms with Gasteiger partial charge in [-0.25, -0.2) is 9.97 Å². The number of Topliss-reactive ketones (excluding diaryl/α,β-unsaturated/α-hetero) is 1. The molecular weight excluding hydrogens is 364 g/mol. The molecule has 144 valence electrons. The summed E-state index contributed by atoms with van der Waals surface area (Å²) < 4.78 is 10.4. The standard InChI is InChI=1S/C20H24N2O4S/c1-12-17(13(2)22-20(21-12)27-5)10-11-18(23)26-14(3)19(24)15-6-8-16(25-4)9-7-15/h6-9,14H,10-11H2,1-5H3/t14-/m1/s1. The number of esters is 1. The lowest BCUT2D eigenvalue weighted by atomic mass is 10.1. The van der Waals surface area contributed by atoms with Crippen molar-refractivity contribution < 1.29 is 19.1 Å². The highest BCUT2D eigenvalue weighted by Gasteiger charge is 2.20. The molecule has 0 radical (unpaired) electrons. The molecule has 0 aliphatic carbocycles. The maximum absolute atomic E-state index is 12.4. The van der Waals surface area contributed by atoms with Crippen molar-refractivity contribution >= 4 is 23.5 Å². The third-order valence-electron chi connectivity index (χ3n) is 4.21. The molecular formula is C20H24N2O4S. The van der Waals surface area contributed by atoms with Gasteiger partial charge >= 0.3 is 5.97 Å². The van der Waals surface area contributed by atoms with E-state index >= 15 is 0 Å². The average molecular weight is 388 g/mol. The molecule has 0 aliphatic rings. The number of aryl methyl sites for hydroxylation is 2. The second-order valence-electron chi connectivity index (χ2n) is 6.08. The zero-order valence-electron chi connectivity index (χ0n) is 16.2. The first-order chi connectivity index (χ1) is 12.8. The smallest absolute Gasteiger partial charge is 0.306 e. The van der Waals surface area contributed by atoms with Crippen molar-refractivity contribution in [1.29, 1.82) is 0 Å². The number of hydrogen-bond donors (Lipinski definition) is 0. The number of aromatic nitrogens is 2. The van der Waals surface area contributed by atoms with Crippen LogP contribution in [0.15, 0.2) is 29.4 Å². The number of ether oxygens (including phenoxy) is 2. The van der Waals surface area contributed by atoms with Crippen LogP contribution in [0.1, 0.15) is 40.7 Å². The second-order valence-corrected chi connectivity index (χ2v) is 6.86. The number of benzene rings is 1. The van der Waals surface area contributed by atoms with Gasteiger partial charge in [-0.1, -0.05) is 11.8 Å². The molecule has 0 saturated heterocycles. The molecule has 1 heterocycles. The van der Waals surface area contributed by atoms with Crippen molar-refractivity contribution in [2.45, 2.75) is 44.9 Å². The van der Waals surface area contributed by atoms with E-state index in [4.69, 9.17) is 9.47 Å². The predicted octanol–water partition coefficient (Wildman–Crippen LogP) is 3.57. The molecule has 0 saturated carbocycles. The summed E-state index contributed by atoms with van der Waals surface area (Å²) in [5.74, 6) is -0.000210. The number of thioether (sulfide) groups is 1. The van der Waals surface area contributed by atoms with Gasteiger partial charge in [0.1, 0.15) is 5.75 Å². The fourth-order valence-corrected chi connectivity index (χ4v) is 3.14. The molecule has 1 aromatic heterocycles. The van der Waals surface area contributed by atoms with Gasteiger partial charge in [-0.2, -0.15) is 0 Å². The third kappa shape index (κ3) is 5.53. The fourth-order valence-electron chi connectivity index (χ4n) is 2.69. The van der Waals surface area contributed by atoms with Crippen LogP contribution in [-0.4, -0.2) is 41.2 Å². The minimum atomic E-state index is -0.844. The summed E-state index contributed by atoms with van der Waals surface area (Å²) in [6.07, 6.45) is 1.73. The van der Waals surface area contributed by atoms with E-state index in [9.17, 15) is 9.59 Å². The van der Waals surface area contributed by atoms with Gasteiger partial charge in [0.15, 0.2) is 11.3 Å². The molecule has 2 aromatic rings. The molecule has 0 fully saturated rings. The third-order valence-corrected chi connectivity index (χ3v) is 4.76. The van der Waals surface area contributed by atoms with Crippen molar-refractivity contribution in [1.82, 2.24) is 9.97 Å². The Bertz CT molecular complexity index is 798. The number of hydrogen-bond acceptors (Lipinski definition) is 7. The minimum absolute atomic E-state index is 0.171. The van der Waals surface area contributed by atoms with Gasteiger partial charge in [0.05, 0.1) is 7.11 Å². The topological polar surface area (TPSA) is 78.4 Å². The van der Waals surface area contributed by atoms with E-state index in [1.807, 2.05) is 20.1 Å². The van der Waals surface area contributed by atoms with Crippen LogP contribution in [-0.2, 0) is 16.0 Å². The molecule has 6 nitrogen and oxygen atoms in total. The number of carbonyl (C=O) groups excluding carboxylic acids is 2. The van der Waals surface area contributed by atoms with E-state index in [0.717, 1.165) is 22.1 Å². The molecule has 1 atom stereocenters. The molecule has 0 N–H and O–H groups in total. The van der Waals surface area contributed by atoms with E-state index in [0.29, 0.717) is 17.7 Å². The van der Waals surface area contributed by atoms with Crippen LogP contribution in [0.3, 0.4) is 0 Å². The van der Waals surface area contributed by atoms with Gasteiger partial charge in [-0.3, -0.25) is 9.59 Å². The lowest BCUT2D eigenvalue weighted by Crippen LogP contribution is -2.24. The number of rotatable bonds is 8. The van der Waals surface area contributed by atoms with Crippen LogP contribution in [0.4, 0.5) is 0 Å². The largest absolute Gasteiger partial charge is 0.497 e. The van der Waals surface area contributed by atoms with Crippen LogP contribution in [0.25, 0.3) is 0 Å². The predicted molar refractivity (Wildman–Crippen MR) is 104 cm³/mol. The van der Waals surface area contributed by atoms with Gasteiger partial charge in [-0.05, 0) is 63.3 Å². The van der Waals surface area contributed by atoms with Gasteiger partial charge in [0.25, 0.3) is 0 Å². The highest BCUT2D eigenvalue weighted by molar-refractivity contribution is 7.98. The normalized spacial score (nSPS) is 11.7. The fraction of sp³-hybridized carbons (Fsp3) is 0.400. The highest BCUT2D eigenvalue weighted by Crippen LogP contribution is 2.18. The zero-order valence-corrected chi connectivity index (χ0v) is 17.1. The summed E-state index contributed by atoms with van der Waals surface area (Å²) in [4.78, 5) is 33.4. The Kier molecular flexibility index (Phi) is 7.36. The average Bonchev–Trinajstić information content (AvgIpc) is 2.66. The number of methoxy groups -OCH3 is 1. The Labute approximate surface area is 163 Å². The van der Waals surface area contributed by atoms with Gasteiger partial charge < -0.3 is 9.47 Å². The molecule has 0 spiro atoms. The first kappa shape index (κ1) is 20.9. The lowest BCUT2D eigenvalue weighted by Gasteiger charge is -2.14. The number of nitrogens with zero attached hydrogens (tertiary/aromatic N) is 2. The summed E-state index contributed by atoms with van der Waals surface area (Å²) in [5, 5.41) is 0.718. The molecule has 2 rings (SSSR count). The lowest BCUT2D eigenvalue weighted by molar-refractivity contribution is -0.146. The highest BCUT2D eigenvalue weighted by atomic mass is 32.2. The first-order valence-electron chi connectivity index (χ1n) is 8.61. The van der Waals surface area contributed by atoms with E-state index in [-0.39, 0.29) is 12.2 Å². The zero-order chi connectivity index (χ0) is 20.0. The van der Waals surface area contributed by atoms with E-state index in [2.05, 4.69) is 9.97 Å². The van der Waals surface area contributed by atoms with Crippen molar-refractivity contribution in [3.63, 3.8) is 0 Å². The summed E-state index contributed by atoms with van der Waals surface area (Å²) in [5.41, 5.74) is 3.15. The van der Waals surface area contributed by atoms with Crippen LogP contribution in [0.5, 0.6) is 5.75 Å². The molecule has 1 aromatic carbocycles. The SMILES string of the molecule is COc1ccc(C(=O)[C@@H](C)OC(=O)CCc2c(C)nc(SC)nc2C)cc1. The van der Waals surface area contributed by atoms with Gasteiger partial charge in [0.2, 0.25) is 5.78 Å².